The Kier molecular flexibility index (Phi) is 9.11. The van der Waals surface area contributed by atoms with Crippen LogP contribution in [0.2, 0.25) is 0 Å². The van der Waals surface area contributed by atoms with E-state index in [9.17, 15) is 0 Å². The zero-order valence-corrected chi connectivity index (χ0v) is 24.2. The monoisotopic (exact) mass is 535 g/mol. The standard InChI is InChI=1S/C36H41NO3/c1-26-15-17-29-18-21-31(37-33(29)24-26)20-16-27-10-9-12-30(25-27)34(38-4)22-19-28-11-5-6-13-32(28)36(2,3)40-35-14-7-8-23-39-35/h5-6,9-13,15-18,20-21,24-25,34-35H,7-8,14,19,22-23H2,1-4H3/b20-16+/t34-,35?/m0/s1. The summed E-state index contributed by atoms with van der Waals surface area (Å²) in [5.41, 5.74) is 7.58. The second-order valence-electron chi connectivity index (χ2n) is 11.3. The summed E-state index contributed by atoms with van der Waals surface area (Å²) >= 11 is 0. The average molecular weight is 536 g/mol. The summed E-state index contributed by atoms with van der Waals surface area (Å²) in [6.45, 7) is 7.18. The maximum Gasteiger partial charge on any atom is 0.158 e. The highest BCUT2D eigenvalue weighted by Gasteiger charge is 2.29. The van der Waals surface area contributed by atoms with Crippen LogP contribution in [0.5, 0.6) is 0 Å². The third-order valence-electron chi connectivity index (χ3n) is 7.79. The Balaban J connectivity index is 1.28. The summed E-state index contributed by atoms with van der Waals surface area (Å²) in [5.74, 6) is 0. The zero-order chi connectivity index (χ0) is 28.0. The predicted molar refractivity (Wildman–Crippen MR) is 164 cm³/mol. The maximum atomic E-state index is 6.47. The largest absolute Gasteiger partial charge is 0.377 e. The molecule has 0 bridgehead atoms. The molecule has 3 aromatic carbocycles. The van der Waals surface area contributed by atoms with Gasteiger partial charge in [-0.3, -0.25) is 0 Å². The van der Waals surface area contributed by atoms with Crippen molar-refractivity contribution >= 4 is 23.1 Å². The normalized spacial score (nSPS) is 16.9. The van der Waals surface area contributed by atoms with Crippen LogP contribution in [0, 0.1) is 6.92 Å². The van der Waals surface area contributed by atoms with Crippen molar-refractivity contribution in [2.75, 3.05) is 13.7 Å². The van der Waals surface area contributed by atoms with Crippen molar-refractivity contribution in [3.8, 4) is 0 Å². The van der Waals surface area contributed by atoms with Crippen molar-refractivity contribution < 1.29 is 14.2 Å². The van der Waals surface area contributed by atoms with Gasteiger partial charge < -0.3 is 14.2 Å². The van der Waals surface area contributed by atoms with Crippen molar-refractivity contribution in [2.45, 2.75) is 70.9 Å². The van der Waals surface area contributed by atoms with Gasteiger partial charge in [0.25, 0.3) is 0 Å². The van der Waals surface area contributed by atoms with E-state index in [1.807, 2.05) is 0 Å². The first-order valence-corrected chi connectivity index (χ1v) is 14.5. The van der Waals surface area contributed by atoms with Crippen LogP contribution in [0.25, 0.3) is 23.1 Å². The molecule has 1 unspecified atom stereocenters. The topological polar surface area (TPSA) is 40.6 Å². The molecule has 0 N–H and O–H groups in total. The molecule has 4 nitrogen and oxygen atoms in total. The van der Waals surface area contributed by atoms with Crippen LogP contribution in [-0.4, -0.2) is 25.0 Å². The lowest BCUT2D eigenvalue weighted by Crippen LogP contribution is -2.33. The van der Waals surface area contributed by atoms with E-state index in [0.29, 0.717) is 0 Å². The first kappa shape index (κ1) is 28.2. The van der Waals surface area contributed by atoms with Crippen LogP contribution in [0.4, 0.5) is 0 Å². The number of hydrogen-bond acceptors (Lipinski definition) is 4. The number of fused-ring (bicyclic) bond motifs is 1. The van der Waals surface area contributed by atoms with Gasteiger partial charge in [-0.05, 0) is 105 Å². The van der Waals surface area contributed by atoms with Gasteiger partial charge in [0.1, 0.15) is 0 Å². The molecule has 2 atom stereocenters. The Hall–Kier alpha value is -3.31. The van der Waals surface area contributed by atoms with E-state index in [1.165, 1.54) is 22.3 Å². The lowest BCUT2D eigenvalue weighted by atomic mass is 9.89. The predicted octanol–water partition coefficient (Wildman–Crippen LogP) is 8.81. The minimum Gasteiger partial charge on any atom is -0.377 e. The van der Waals surface area contributed by atoms with Crippen molar-refractivity contribution in [1.29, 1.82) is 0 Å². The lowest BCUT2D eigenvalue weighted by molar-refractivity contribution is -0.219. The van der Waals surface area contributed by atoms with Crippen LogP contribution < -0.4 is 0 Å². The summed E-state index contributed by atoms with van der Waals surface area (Å²) in [4.78, 5) is 4.82. The first-order chi connectivity index (χ1) is 19.4. The second-order valence-corrected chi connectivity index (χ2v) is 11.3. The fourth-order valence-electron chi connectivity index (χ4n) is 5.61. The number of methoxy groups -OCH3 is 1. The molecule has 1 aliphatic rings. The molecule has 1 fully saturated rings. The van der Waals surface area contributed by atoms with Crippen LogP contribution in [0.3, 0.4) is 0 Å². The summed E-state index contributed by atoms with van der Waals surface area (Å²) in [6, 6.07) is 27.8. The van der Waals surface area contributed by atoms with E-state index in [1.54, 1.807) is 7.11 Å². The molecule has 1 aromatic heterocycles. The van der Waals surface area contributed by atoms with Crippen molar-refractivity contribution in [3.05, 3.63) is 112 Å². The smallest absolute Gasteiger partial charge is 0.158 e. The van der Waals surface area contributed by atoms with Gasteiger partial charge in [-0.25, -0.2) is 4.98 Å². The summed E-state index contributed by atoms with van der Waals surface area (Å²) in [6.07, 6.45) is 9.08. The third kappa shape index (κ3) is 7.06. The molecule has 0 amide bonds. The molecule has 0 radical (unpaired) electrons. The Morgan fingerprint density at radius 1 is 0.975 bits per heavy atom. The number of aromatic nitrogens is 1. The summed E-state index contributed by atoms with van der Waals surface area (Å²) in [5, 5.41) is 1.16. The maximum absolute atomic E-state index is 6.47. The van der Waals surface area contributed by atoms with E-state index in [4.69, 9.17) is 19.2 Å². The Morgan fingerprint density at radius 2 is 1.82 bits per heavy atom. The molecular weight excluding hydrogens is 494 g/mol. The molecule has 208 valence electrons. The molecule has 0 spiro atoms. The van der Waals surface area contributed by atoms with Gasteiger partial charge in [-0.15, -0.1) is 0 Å². The highest BCUT2D eigenvalue weighted by Crippen LogP contribution is 2.33. The van der Waals surface area contributed by atoms with Crippen LogP contribution in [-0.2, 0) is 26.2 Å². The van der Waals surface area contributed by atoms with E-state index >= 15 is 0 Å². The molecule has 40 heavy (non-hydrogen) atoms. The number of pyridine rings is 1. The minimum atomic E-state index is -0.429. The summed E-state index contributed by atoms with van der Waals surface area (Å²) in [7, 11) is 1.80. The minimum absolute atomic E-state index is 0.00566. The van der Waals surface area contributed by atoms with Gasteiger partial charge >= 0.3 is 0 Å². The van der Waals surface area contributed by atoms with Gasteiger partial charge in [0.05, 0.1) is 22.9 Å². The van der Waals surface area contributed by atoms with Crippen molar-refractivity contribution in [2.24, 2.45) is 0 Å². The number of hydrogen-bond donors (Lipinski definition) is 0. The second kappa shape index (κ2) is 12.9. The molecular formula is C36H41NO3. The van der Waals surface area contributed by atoms with E-state index in [-0.39, 0.29) is 12.4 Å². The molecule has 2 heterocycles. The van der Waals surface area contributed by atoms with E-state index in [2.05, 4.69) is 112 Å². The van der Waals surface area contributed by atoms with Gasteiger partial charge in [-0.2, -0.15) is 0 Å². The van der Waals surface area contributed by atoms with Crippen LogP contribution in [0.1, 0.15) is 79.1 Å². The number of rotatable bonds is 10. The quantitative estimate of drug-likeness (QED) is 0.203. The number of ether oxygens (including phenoxy) is 3. The number of aryl methyl sites for hydroxylation is 2. The highest BCUT2D eigenvalue weighted by atomic mass is 16.7. The molecule has 5 rings (SSSR count). The number of benzene rings is 3. The fraction of sp³-hybridized carbons (Fsp3) is 0.361. The zero-order valence-electron chi connectivity index (χ0n) is 24.2. The van der Waals surface area contributed by atoms with Gasteiger partial charge in [0, 0.05) is 19.1 Å². The van der Waals surface area contributed by atoms with Crippen molar-refractivity contribution in [3.63, 3.8) is 0 Å². The molecule has 4 heteroatoms. The SMILES string of the molecule is CO[C@@H](CCc1ccccc1C(C)(C)OC1CCCCO1)c1cccc(/C=C/c2ccc3ccc(C)cc3n2)c1. The average Bonchev–Trinajstić information content (AvgIpc) is 2.97. The van der Waals surface area contributed by atoms with E-state index in [0.717, 1.165) is 60.9 Å². The number of nitrogens with zero attached hydrogens (tertiary/aromatic N) is 1. The summed E-state index contributed by atoms with van der Waals surface area (Å²) < 4.78 is 18.3. The van der Waals surface area contributed by atoms with Gasteiger partial charge in [-0.1, -0.05) is 66.7 Å². The lowest BCUT2D eigenvalue weighted by Gasteiger charge is -2.34. The Morgan fingerprint density at radius 3 is 2.65 bits per heavy atom. The van der Waals surface area contributed by atoms with E-state index < -0.39 is 5.60 Å². The van der Waals surface area contributed by atoms with Gasteiger partial charge in [0.15, 0.2) is 6.29 Å². The Bertz CT molecular complexity index is 1450. The van der Waals surface area contributed by atoms with Gasteiger partial charge in [0.2, 0.25) is 0 Å². The fourth-order valence-corrected chi connectivity index (χ4v) is 5.61. The van der Waals surface area contributed by atoms with Crippen LogP contribution in [0.15, 0.2) is 78.9 Å². The molecule has 0 aliphatic carbocycles. The third-order valence-corrected chi connectivity index (χ3v) is 7.79. The van der Waals surface area contributed by atoms with Crippen molar-refractivity contribution in [1.82, 2.24) is 4.98 Å². The molecule has 1 aliphatic heterocycles. The Labute approximate surface area is 239 Å². The molecule has 1 saturated heterocycles. The highest BCUT2D eigenvalue weighted by molar-refractivity contribution is 5.81. The molecule has 0 saturated carbocycles. The first-order valence-electron chi connectivity index (χ1n) is 14.5. The molecule has 4 aromatic rings. The van der Waals surface area contributed by atoms with Crippen LogP contribution >= 0.6 is 0 Å².